The summed E-state index contributed by atoms with van der Waals surface area (Å²) in [6, 6.07) is 1.91. The standard InChI is InChI=1S/C14H22N6O2/c15-13-18-11(16-5-9-2-1-3-9)4-12(19-13)20-7-10(8-20)6-17-14(21)22/h4,9-10,17H,1-3,5-8H2,(H,21,22)(H3,15,16,18,19). The van der Waals surface area contributed by atoms with Crippen molar-refractivity contribution < 1.29 is 9.90 Å². The number of hydrogen-bond donors (Lipinski definition) is 4. The van der Waals surface area contributed by atoms with Gasteiger partial charge in [0.2, 0.25) is 5.95 Å². The molecule has 5 N–H and O–H groups in total. The van der Waals surface area contributed by atoms with E-state index in [1.165, 1.54) is 19.3 Å². The van der Waals surface area contributed by atoms with Gasteiger partial charge < -0.3 is 26.4 Å². The summed E-state index contributed by atoms with van der Waals surface area (Å²) in [5.41, 5.74) is 5.78. The maximum absolute atomic E-state index is 10.5. The topological polar surface area (TPSA) is 116 Å². The molecule has 3 rings (SSSR count). The summed E-state index contributed by atoms with van der Waals surface area (Å²) in [5.74, 6) is 2.89. The summed E-state index contributed by atoms with van der Waals surface area (Å²) in [5, 5.41) is 14.3. The van der Waals surface area contributed by atoms with Crippen LogP contribution < -0.4 is 21.3 Å². The maximum atomic E-state index is 10.5. The number of nitrogens with zero attached hydrogens (tertiary/aromatic N) is 3. The third-order valence-corrected chi connectivity index (χ3v) is 4.35. The molecule has 8 nitrogen and oxygen atoms in total. The van der Waals surface area contributed by atoms with E-state index in [0.29, 0.717) is 12.5 Å². The van der Waals surface area contributed by atoms with Gasteiger partial charge in [0, 0.05) is 38.2 Å². The average Bonchev–Trinajstić information content (AvgIpc) is 2.34. The van der Waals surface area contributed by atoms with Gasteiger partial charge in [0.25, 0.3) is 0 Å². The summed E-state index contributed by atoms with van der Waals surface area (Å²) in [6.07, 6.45) is 2.91. The van der Waals surface area contributed by atoms with Crippen LogP contribution in [0.1, 0.15) is 19.3 Å². The van der Waals surface area contributed by atoms with Gasteiger partial charge in [-0.25, -0.2) is 4.79 Å². The molecule has 1 aromatic rings. The van der Waals surface area contributed by atoms with Crippen molar-refractivity contribution in [3.8, 4) is 0 Å². The van der Waals surface area contributed by atoms with Gasteiger partial charge in [-0.3, -0.25) is 0 Å². The number of amides is 1. The Balaban J connectivity index is 1.53. The molecule has 0 atom stereocenters. The Morgan fingerprint density at radius 2 is 2.09 bits per heavy atom. The largest absolute Gasteiger partial charge is 0.465 e. The highest BCUT2D eigenvalue weighted by Crippen LogP contribution is 2.28. The fourth-order valence-corrected chi connectivity index (χ4v) is 2.77. The molecule has 120 valence electrons. The normalized spacial score (nSPS) is 18.5. The molecule has 0 radical (unpaired) electrons. The van der Waals surface area contributed by atoms with Gasteiger partial charge in [-0.05, 0) is 18.8 Å². The van der Waals surface area contributed by atoms with Gasteiger partial charge >= 0.3 is 6.09 Å². The SMILES string of the molecule is Nc1nc(NCC2CCC2)cc(N2CC(CNC(=O)O)C2)n1. The molecule has 1 amide bonds. The van der Waals surface area contributed by atoms with Crippen molar-refractivity contribution in [1.29, 1.82) is 0 Å². The van der Waals surface area contributed by atoms with E-state index in [1.807, 2.05) is 6.07 Å². The molecule has 2 heterocycles. The second-order valence-electron chi connectivity index (χ2n) is 6.10. The summed E-state index contributed by atoms with van der Waals surface area (Å²) < 4.78 is 0. The Morgan fingerprint density at radius 1 is 1.32 bits per heavy atom. The van der Waals surface area contributed by atoms with Crippen LogP contribution in [0.25, 0.3) is 0 Å². The molecule has 8 heteroatoms. The third-order valence-electron chi connectivity index (χ3n) is 4.35. The molecule has 0 aromatic carbocycles. The average molecular weight is 306 g/mol. The van der Waals surface area contributed by atoms with E-state index in [4.69, 9.17) is 10.8 Å². The van der Waals surface area contributed by atoms with Gasteiger partial charge in [0.05, 0.1) is 0 Å². The van der Waals surface area contributed by atoms with E-state index in [2.05, 4.69) is 25.5 Å². The molecule has 1 saturated carbocycles. The van der Waals surface area contributed by atoms with E-state index in [0.717, 1.165) is 37.2 Å². The lowest BCUT2D eigenvalue weighted by Gasteiger charge is -2.40. The Labute approximate surface area is 129 Å². The summed E-state index contributed by atoms with van der Waals surface area (Å²) in [4.78, 5) is 21.0. The van der Waals surface area contributed by atoms with Crippen LogP contribution in [-0.2, 0) is 0 Å². The molecule has 2 aliphatic rings. The van der Waals surface area contributed by atoms with Gasteiger partial charge in [0.15, 0.2) is 0 Å². The molecular formula is C14H22N6O2. The minimum Gasteiger partial charge on any atom is -0.465 e. The molecule has 1 saturated heterocycles. The smallest absolute Gasteiger partial charge is 0.404 e. The van der Waals surface area contributed by atoms with Crippen LogP contribution in [0.15, 0.2) is 6.07 Å². The maximum Gasteiger partial charge on any atom is 0.404 e. The van der Waals surface area contributed by atoms with Crippen LogP contribution >= 0.6 is 0 Å². The lowest BCUT2D eigenvalue weighted by atomic mass is 9.85. The van der Waals surface area contributed by atoms with Gasteiger partial charge in [-0.2, -0.15) is 9.97 Å². The van der Waals surface area contributed by atoms with Crippen LogP contribution in [0.2, 0.25) is 0 Å². The van der Waals surface area contributed by atoms with Crippen LogP contribution in [0, 0.1) is 11.8 Å². The number of aromatic nitrogens is 2. The van der Waals surface area contributed by atoms with Crippen LogP contribution in [0.5, 0.6) is 0 Å². The summed E-state index contributed by atoms with van der Waals surface area (Å²) >= 11 is 0. The highest BCUT2D eigenvalue weighted by Gasteiger charge is 2.28. The molecule has 1 aliphatic heterocycles. The number of nitrogen functional groups attached to an aromatic ring is 1. The van der Waals surface area contributed by atoms with Gasteiger partial charge in [0.1, 0.15) is 11.6 Å². The van der Waals surface area contributed by atoms with E-state index in [-0.39, 0.29) is 5.95 Å². The quantitative estimate of drug-likeness (QED) is 0.619. The zero-order chi connectivity index (χ0) is 15.5. The fraction of sp³-hybridized carbons (Fsp3) is 0.643. The molecule has 0 unspecified atom stereocenters. The van der Waals surface area contributed by atoms with Crippen molar-refractivity contribution in [3.05, 3.63) is 6.07 Å². The minimum atomic E-state index is -0.979. The molecule has 0 bridgehead atoms. The number of carbonyl (C=O) groups is 1. The number of nitrogens with one attached hydrogen (secondary N) is 2. The lowest BCUT2D eigenvalue weighted by molar-refractivity contribution is 0.191. The highest BCUT2D eigenvalue weighted by molar-refractivity contribution is 5.64. The number of hydrogen-bond acceptors (Lipinski definition) is 6. The van der Waals surface area contributed by atoms with Crippen molar-refractivity contribution in [2.75, 3.05) is 42.1 Å². The second kappa shape index (κ2) is 6.25. The van der Waals surface area contributed by atoms with E-state index < -0.39 is 6.09 Å². The van der Waals surface area contributed by atoms with Crippen molar-refractivity contribution in [3.63, 3.8) is 0 Å². The predicted molar refractivity (Wildman–Crippen MR) is 84.0 cm³/mol. The molecule has 1 aliphatic carbocycles. The monoisotopic (exact) mass is 306 g/mol. The lowest BCUT2D eigenvalue weighted by Crippen LogP contribution is -2.51. The number of rotatable bonds is 6. The van der Waals surface area contributed by atoms with Crippen molar-refractivity contribution in [2.24, 2.45) is 11.8 Å². The van der Waals surface area contributed by atoms with Crippen LogP contribution in [-0.4, -0.2) is 47.3 Å². The Kier molecular flexibility index (Phi) is 4.17. The van der Waals surface area contributed by atoms with E-state index in [9.17, 15) is 4.79 Å². The first-order chi connectivity index (χ1) is 10.6. The molecular weight excluding hydrogens is 284 g/mol. The Hall–Kier alpha value is -2.25. The third kappa shape index (κ3) is 3.49. The first kappa shape index (κ1) is 14.7. The van der Waals surface area contributed by atoms with Crippen molar-refractivity contribution >= 4 is 23.7 Å². The summed E-state index contributed by atoms with van der Waals surface area (Å²) in [7, 11) is 0. The van der Waals surface area contributed by atoms with Crippen molar-refractivity contribution in [2.45, 2.75) is 19.3 Å². The number of anilines is 3. The fourth-order valence-electron chi connectivity index (χ4n) is 2.77. The van der Waals surface area contributed by atoms with E-state index >= 15 is 0 Å². The van der Waals surface area contributed by atoms with Crippen molar-refractivity contribution in [1.82, 2.24) is 15.3 Å². The number of nitrogens with two attached hydrogens (primary N) is 1. The summed E-state index contributed by atoms with van der Waals surface area (Å²) in [6.45, 7) is 2.96. The second-order valence-corrected chi connectivity index (χ2v) is 6.10. The zero-order valence-electron chi connectivity index (χ0n) is 12.5. The van der Waals surface area contributed by atoms with Crippen LogP contribution in [0.3, 0.4) is 0 Å². The molecule has 0 spiro atoms. The first-order valence-electron chi connectivity index (χ1n) is 7.70. The van der Waals surface area contributed by atoms with E-state index in [1.54, 1.807) is 0 Å². The minimum absolute atomic E-state index is 0.265. The first-order valence-corrected chi connectivity index (χ1v) is 7.70. The van der Waals surface area contributed by atoms with Gasteiger partial charge in [-0.1, -0.05) is 6.42 Å². The molecule has 1 aromatic heterocycles. The van der Waals surface area contributed by atoms with Gasteiger partial charge in [-0.15, -0.1) is 0 Å². The highest BCUT2D eigenvalue weighted by atomic mass is 16.4. The predicted octanol–water partition coefficient (Wildman–Crippen LogP) is 0.975. The van der Waals surface area contributed by atoms with Crippen LogP contribution in [0.4, 0.5) is 22.4 Å². The number of carboxylic acid groups (broad SMARTS) is 1. The molecule has 2 fully saturated rings. The molecule has 22 heavy (non-hydrogen) atoms. The zero-order valence-corrected chi connectivity index (χ0v) is 12.5. The Morgan fingerprint density at radius 3 is 2.73 bits per heavy atom. The Bertz CT molecular complexity index is 542.